The van der Waals surface area contributed by atoms with Gasteiger partial charge in [-0.3, -0.25) is 9.78 Å². The van der Waals surface area contributed by atoms with Gasteiger partial charge in [-0.1, -0.05) is 23.2 Å². The number of ether oxygens (including phenoxy) is 1. The van der Waals surface area contributed by atoms with Crippen LogP contribution in [0.3, 0.4) is 0 Å². The molecule has 0 aliphatic rings. The zero-order chi connectivity index (χ0) is 27.0. The monoisotopic (exact) mass is 563 g/mol. The number of alkyl halides is 3. The molecule has 1 aromatic carbocycles. The molecule has 36 heavy (non-hydrogen) atoms. The molecule has 0 atom stereocenters. The smallest absolute Gasteiger partial charge is 0.417 e. The molecule has 0 radical (unpaired) electrons. The molecule has 0 saturated carbocycles. The van der Waals surface area contributed by atoms with E-state index in [9.17, 15) is 31.5 Å². The summed E-state index contributed by atoms with van der Waals surface area (Å²) in [6, 6.07) is 3.19. The van der Waals surface area contributed by atoms with Crippen LogP contribution in [0.4, 0.5) is 18.9 Å². The first-order chi connectivity index (χ1) is 16.7. The van der Waals surface area contributed by atoms with Crippen molar-refractivity contribution in [3.8, 4) is 5.75 Å². The molecule has 2 heterocycles. The molecule has 0 aliphatic heterocycles. The molecule has 0 spiro atoms. The van der Waals surface area contributed by atoms with Crippen LogP contribution in [0.15, 0.2) is 41.6 Å². The quantitative estimate of drug-likeness (QED) is 0.312. The van der Waals surface area contributed by atoms with Gasteiger partial charge in [-0.25, -0.2) is 17.7 Å². The fourth-order valence-electron chi connectivity index (χ4n) is 3.36. The van der Waals surface area contributed by atoms with Gasteiger partial charge in [0, 0.05) is 24.6 Å². The molecule has 0 unspecified atom stereocenters. The number of aromatic hydroxyl groups is 1. The van der Waals surface area contributed by atoms with E-state index in [1.807, 2.05) is 0 Å². The summed E-state index contributed by atoms with van der Waals surface area (Å²) in [6.45, 7) is 2.26. The third-order valence-corrected chi connectivity index (χ3v) is 7.39. The van der Waals surface area contributed by atoms with Crippen molar-refractivity contribution in [2.45, 2.75) is 24.9 Å². The summed E-state index contributed by atoms with van der Waals surface area (Å²) in [4.78, 5) is 20.7. The van der Waals surface area contributed by atoms with Crippen LogP contribution in [-0.4, -0.2) is 43.1 Å². The maximum atomic E-state index is 13.5. The highest BCUT2D eigenvalue weighted by Gasteiger charge is 2.37. The lowest BCUT2D eigenvalue weighted by molar-refractivity contribution is -0.137. The van der Waals surface area contributed by atoms with Crippen LogP contribution in [0.5, 0.6) is 5.75 Å². The fourth-order valence-corrected chi connectivity index (χ4v) is 5.14. The zero-order valence-corrected chi connectivity index (χ0v) is 21.2. The molecular weight excluding hydrogens is 546 g/mol. The van der Waals surface area contributed by atoms with Crippen molar-refractivity contribution in [1.82, 2.24) is 9.97 Å². The summed E-state index contributed by atoms with van der Waals surface area (Å²) in [5.41, 5.74) is -1.77. The predicted octanol–water partition coefficient (Wildman–Crippen LogP) is 5.15. The van der Waals surface area contributed by atoms with Gasteiger partial charge in [0.15, 0.2) is 0 Å². The van der Waals surface area contributed by atoms with E-state index in [1.54, 1.807) is 0 Å². The normalized spacial score (nSPS) is 12.0. The molecule has 3 aromatic rings. The van der Waals surface area contributed by atoms with Gasteiger partial charge < -0.3 is 9.84 Å². The summed E-state index contributed by atoms with van der Waals surface area (Å²) >= 11 is 11.7. The Morgan fingerprint density at radius 1 is 1.14 bits per heavy atom. The van der Waals surface area contributed by atoms with Crippen molar-refractivity contribution < 1.29 is 36.2 Å². The number of aromatic nitrogens is 2. The number of ketones is 1. The average molecular weight is 564 g/mol. The summed E-state index contributed by atoms with van der Waals surface area (Å²) in [5.74, 6) is -1.08. The molecule has 14 heteroatoms. The van der Waals surface area contributed by atoms with Crippen LogP contribution >= 0.6 is 23.2 Å². The van der Waals surface area contributed by atoms with E-state index >= 15 is 0 Å². The number of pyridine rings is 2. The number of methoxy groups -OCH3 is 1. The summed E-state index contributed by atoms with van der Waals surface area (Å²) in [5, 5.41) is 9.28. The minimum Gasteiger partial charge on any atom is -0.506 e. The molecule has 1 N–H and O–H groups in total. The highest BCUT2D eigenvalue weighted by atomic mass is 35.5. The van der Waals surface area contributed by atoms with Gasteiger partial charge in [-0.05, 0) is 38.1 Å². The lowest BCUT2D eigenvalue weighted by Crippen LogP contribution is -2.34. The van der Waals surface area contributed by atoms with E-state index in [4.69, 9.17) is 27.9 Å². The van der Waals surface area contributed by atoms with Gasteiger partial charge in [0.1, 0.15) is 18.2 Å². The first kappa shape index (κ1) is 27.7. The maximum absolute atomic E-state index is 13.5. The summed E-state index contributed by atoms with van der Waals surface area (Å²) in [7, 11) is -3.61. The van der Waals surface area contributed by atoms with Gasteiger partial charge in [-0.15, -0.1) is 0 Å². The molecule has 0 saturated heterocycles. The van der Waals surface area contributed by atoms with Gasteiger partial charge in [0.05, 0.1) is 38.0 Å². The van der Waals surface area contributed by atoms with Crippen LogP contribution in [0.1, 0.15) is 32.9 Å². The van der Waals surface area contributed by atoms with Crippen molar-refractivity contribution in [1.29, 1.82) is 0 Å². The van der Waals surface area contributed by atoms with E-state index in [2.05, 4.69) is 9.97 Å². The number of nitrogens with zero attached hydrogens (tertiary/aromatic N) is 3. The molecule has 8 nitrogen and oxygen atoms in total. The second-order valence-electron chi connectivity index (χ2n) is 7.49. The second-order valence-corrected chi connectivity index (χ2v) is 10.2. The maximum Gasteiger partial charge on any atom is 0.417 e. The van der Waals surface area contributed by atoms with Crippen LogP contribution in [-0.2, 0) is 20.9 Å². The minimum absolute atomic E-state index is 0.0355. The largest absolute Gasteiger partial charge is 0.506 e. The van der Waals surface area contributed by atoms with Gasteiger partial charge in [-0.2, -0.15) is 13.2 Å². The lowest BCUT2D eigenvalue weighted by Gasteiger charge is -2.26. The molecule has 2 aromatic heterocycles. The van der Waals surface area contributed by atoms with Crippen molar-refractivity contribution in [2.75, 3.05) is 18.1 Å². The van der Waals surface area contributed by atoms with Crippen LogP contribution in [0, 0.1) is 13.8 Å². The first-order valence-corrected chi connectivity index (χ1v) is 12.1. The second kappa shape index (κ2) is 10.2. The Morgan fingerprint density at radius 2 is 1.81 bits per heavy atom. The van der Waals surface area contributed by atoms with Gasteiger partial charge >= 0.3 is 6.18 Å². The number of benzene rings is 1. The van der Waals surface area contributed by atoms with E-state index in [-0.39, 0.29) is 33.3 Å². The Labute approximate surface area is 214 Å². The summed E-state index contributed by atoms with van der Waals surface area (Å²) < 4.78 is 72.8. The molecule has 0 fully saturated rings. The van der Waals surface area contributed by atoms with Crippen LogP contribution < -0.4 is 4.31 Å². The lowest BCUT2D eigenvalue weighted by atomic mass is 10.00. The highest BCUT2D eigenvalue weighted by molar-refractivity contribution is 7.92. The van der Waals surface area contributed by atoms with E-state index in [0.29, 0.717) is 10.4 Å². The number of carbonyl (C=O) groups is 1. The van der Waals surface area contributed by atoms with Crippen molar-refractivity contribution in [2.24, 2.45) is 0 Å². The van der Waals surface area contributed by atoms with E-state index < -0.39 is 49.9 Å². The average Bonchev–Trinajstić information content (AvgIpc) is 2.79. The minimum atomic E-state index is -4.93. The van der Waals surface area contributed by atoms with E-state index in [1.165, 1.54) is 13.8 Å². The predicted molar refractivity (Wildman–Crippen MR) is 126 cm³/mol. The molecule has 3 rings (SSSR count). The van der Waals surface area contributed by atoms with E-state index in [0.717, 1.165) is 37.7 Å². The number of sulfonamides is 1. The topological polar surface area (TPSA) is 110 Å². The third kappa shape index (κ3) is 5.26. The third-order valence-electron chi connectivity index (χ3n) is 5.12. The Kier molecular flexibility index (Phi) is 7.84. The fraction of sp³-hybridized carbons (Fsp3) is 0.227. The Balaban J connectivity index is 2.25. The molecule has 0 bridgehead atoms. The number of carbonyl (C=O) groups excluding carboxylic acids is 1. The van der Waals surface area contributed by atoms with Crippen LogP contribution in [0.2, 0.25) is 10.0 Å². The molecule has 192 valence electrons. The van der Waals surface area contributed by atoms with Gasteiger partial charge in [0.25, 0.3) is 10.0 Å². The van der Waals surface area contributed by atoms with Crippen LogP contribution in [0.25, 0.3) is 0 Å². The first-order valence-electron chi connectivity index (χ1n) is 9.94. The van der Waals surface area contributed by atoms with Crippen molar-refractivity contribution in [3.63, 3.8) is 0 Å². The molecular formula is C22H18Cl2F3N3O5S. The number of rotatable bonds is 7. The Morgan fingerprint density at radius 3 is 2.42 bits per heavy atom. The van der Waals surface area contributed by atoms with Crippen molar-refractivity contribution in [3.05, 3.63) is 74.8 Å². The van der Waals surface area contributed by atoms with Crippen molar-refractivity contribution >= 4 is 44.7 Å². The number of hydrogen-bond donors (Lipinski definition) is 1. The standard InChI is InChI=1S/C22H18Cl2F3N3O5S/c1-11-18(31)9-28-12(2)19(11)21(32)20-17(6-13(23)8-29-20)30(10-35-3)36(33,34)14-4-5-16(24)15(7-14)22(25,26)27/h4-9,31H,10H2,1-3H3. The number of aryl methyl sites for hydroxylation is 1. The Bertz CT molecular complexity index is 1450. The Hall–Kier alpha value is -2.93. The summed E-state index contributed by atoms with van der Waals surface area (Å²) in [6.07, 6.45) is -2.68. The SMILES string of the molecule is COCN(c1cc(Cl)cnc1C(=O)c1c(C)ncc(O)c1C)S(=O)(=O)c1ccc(Cl)c(C(F)(F)F)c1. The highest BCUT2D eigenvalue weighted by Crippen LogP contribution is 2.38. The molecule has 0 aliphatic carbocycles. The number of anilines is 1. The number of halogens is 5. The zero-order valence-electron chi connectivity index (χ0n) is 18.9. The number of hydrogen-bond acceptors (Lipinski definition) is 7. The van der Waals surface area contributed by atoms with Gasteiger partial charge in [0.2, 0.25) is 5.78 Å². The molecule has 0 amide bonds.